The number of nitrogens with zero attached hydrogens (tertiary/aromatic N) is 1. The molecule has 0 radical (unpaired) electrons. The largest absolute Gasteiger partial charge is 0.350 e. The Morgan fingerprint density at radius 1 is 1.11 bits per heavy atom. The van der Waals surface area contributed by atoms with E-state index in [0.29, 0.717) is 11.3 Å². The average molecular weight is 371 g/mol. The molecule has 6 nitrogen and oxygen atoms in total. The Balaban J connectivity index is 2.01. The van der Waals surface area contributed by atoms with E-state index in [1.165, 1.54) is 0 Å². The summed E-state index contributed by atoms with van der Waals surface area (Å²) in [5, 5.41) is 5.78. The number of rotatable bonds is 2. The number of fused-ring (bicyclic) bond motifs is 1. The number of benzene rings is 1. The fraction of sp³-hybridized carbons (Fsp3) is 0.571. The molecule has 3 rings (SSSR count). The van der Waals surface area contributed by atoms with Crippen LogP contribution in [-0.4, -0.2) is 35.8 Å². The predicted molar refractivity (Wildman–Crippen MR) is 105 cm³/mol. The summed E-state index contributed by atoms with van der Waals surface area (Å²) in [6.07, 6.45) is 4.89. The second-order valence-corrected chi connectivity index (χ2v) is 8.53. The molecule has 3 amide bonds. The topological polar surface area (TPSA) is 78.5 Å². The summed E-state index contributed by atoms with van der Waals surface area (Å²) in [4.78, 5) is 40.6. The predicted octanol–water partition coefficient (Wildman–Crippen LogP) is 2.63. The fourth-order valence-electron chi connectivity index (χ4n) is 3.90. The fourth-order valence-corrected chi connectivity index (χ4v) is 3.90. The van der Waals surface area contributed by atoms with Crippen LogP contribution in [0, 0.1) is 5.92 Å². The minimum Gasteiger partial charge on any atom is -0.350 e. The number of anilines is 1. The SMILES string of the molecule is CC(C)(C)NC(=O)C1CNC(=O)c2ccccc2N1C(=O)C1CCCCC1. The molecule has 1 unspecified atom stereocenters. The lowest BCUT2D eigenvalue weighted by molar-refractivity contribution is -0.129. The van der Waals surface area contributed by atoms with Crippen LogP contribution < -0.4 is 15.5 Å². The first-order valence-electron chi connectivity index (χ1n) is 9.80. The van der Waals surface area contributed by atoms with Gasteiger partial charge in [0.05, 0.1) is 11.3 Å². The van der Waals surface area contributed by atoms with E-state index in [1.807, 2.05) is 20.8 Å². The molecule has 1 fully saturated rings. The molecule has 1 aliphatic carbocycles. The van der Waals surface area contributed by atoms with Crippen LogP contribution >= 0.6 is 0 Å². The molecule has 1 aromatic carbocycles. The molecule has 1 saturated carbocycles. The number of carbonyl (C=O) groups excluding carboxylic acids is 3. The number of hydrogen-bond acceptors (Lipinski definition) is 3. The van der Waals surface area contributed by atoms with E-state index >= 15 is 0 Å². The van der Waals surface area contributed by atoms with Gasteiger partial charge in [-0.1, -0.05) is 31.4 Å². The van der Waals surface area contributed by atoms with Crippen molar-refractivity contribution in [3.05, 3.63) is 29.8 Å². The lowest BCUT2D eigenvalue weighted by atomic mass is 9.87. The van der Waals surface area contributed by atoms with E-state index < -0.39 is 11.6 Å². The van der Waals surface area contributed by atoms with Gasteiger partial charge in [0.15, 0.2) is 0 Å². The Hall–Kier alpha value is -2.37. The number of carbonyl (C=O) groups is 3. The van der Waals surface area contributed by atoms with E-state index in [9.17, 15) is 14.4 Å². The maximum absolute atomic E-state index is 13.5. The summed E-state index contributed by atoms with van der Waals surface area (Å²) in [6.45, 7) is 5.82. The van der Waals surface area contributed by atoms with Gasteiger partial charge in [0.25, 0.3) is 5.91 Å². The second-order valence-electron chi connectivity index (χ2n) is 8.53. The van der Waals surface area contributed by atoms with Crippen LogP contribution in [0.5, 0.6) is 0 Å². The van der Waals surface area contributed by atoms with E-state index in [-0.39, 0.29) is 30.2 Å². The number of para-hydroxylation sites is 1. The highest BCUT2D eigenvalue weighted by Crippen LogP contribution is 2.31. The average Bonchev–Trinajstić information content (AvgIpc) is 2.78. The van der Waals surface area contributed by atoms with Crippen molar-refractivity contribution < 1.29 is 14.4 Å². The quantitative estimate of drug-likeness (QED) is 0.839. The number of nitrogens with one attached hydrogen (secondary N) is 2. The van der Waals surface area contributed by atoms with Gasteiger partial charge in [-0.3, -0.25) is 19.3 Å². The maximum Gasteiger partial charge on any atom is 0.253 e. The van der Waals surface area contributed by atoms with Crippen LogP contribution in [0.15, 0.2) is 24.3 Å². The minimum atomic E-state index is -0.758. The highest BCUT2D eigenvalue weighted by atomic mass is 16.2. The molecule has 1 atom stereocenters. The molecular weight excluding hydrogens is 342 g/mol. The van der Waals surface area contributed by atoms with Crippen molar-refractivity contribution in [3.8, 4) is 0 Å². The van der Waals surface area contributed by atoms with Crippen LogP contribution in [-0.2, 0) is 9.59 Å². The van der Waals surface area contributed by atoms with Crippen molar-refractivity contribution in [1.29, 1.82) is 0 Å². The van der Waals surface area contributed by atoms with Crippen molar-refractivity contribution in [1.82, 2.24) is 10.6 Å². The Morgan fingerprint density at radius 3 is 2.44 bits per heavy atom. The Morgan fingerprint density at radius 2 is 1.78 bits per heavy atom. The standard InChI is InChI=1S/C21H29N3O3/c1-21(2,3)23-19(26)17-13-22-18(25)15-11-7-8-12-16(15)24(17)20(27)14-9-5-4-6-10-14/h7-8,11-12,14,17H,4-6,9-10,13H2,1-3H3,(H,22,25)(H,23,26). The lowest BCUT2D eigenvalue weighted by Crippen LogP contribution is -2.58. The van der Waals surface area contributed by atoms with E-state index in [2.05, 4.69) is 10.6 Å². The zero-order chi connectivity index (χ0) is 19.6. The monoisotopic (exact) mass is 371 g/mol. The summed E-state index contributed by atoms with van der Waals surface area (Å²) in [5.41, 5.74) is 0.539. The first-order chi connectivity index (χ1) is 12.8. The molecule has 0 saturated heterocycles. The molecule has 146 valence electrons. The summed E-state index contributed by atoms with van der Waals surface area (Å²) in [5.74, 6) is -0.639. The van der Waals surface area contributed by atoms with Crippen LogP contribution in [0.3, 0.4) is 0 Å². The molecule has 0 aromatic heterocycles. The third kappa shape index (κ3) is 4.31. The van der Waals surface area contributed by atoms with Gasteiger partial charge in [0.1, 0.15) is 6.04 Å². The zero-order valence-electron chi connectivity index (χ0n) is 16.4. The van der Waals surface area contributed by atoms with Crippen molar-refractivity contribution >= 4 is 23.4 Å². The van der Waals surface area contributed by atoms with Crippen molar-refractivity contribution in [2.24, 2.45) is 5.92 Å². The van der Waals surface area contributed by atoms with Crippen molar-refractivity contribution in [2.75, 3.05) is 11.4 Å². The van der Waals surface area contributed by atoms with Crippen LogP contribution in [0.4, 0.5) is 5.69 Å². The highest BCUT2D eigenvalue weighted by Gasteiger charge is 2.39. The minimum absolute atomic E-state index is 0.0484. The van der Waals surface area contributed by atoms with E-state index in [4.69, 9.17) is 0 Å². The third-order valence-corrected chi connectivity index (χ3v) is 5.17. The maximum atomic E-state index is 13.5. The summed E-state index contributed by atoms with van der Waals surface area (Å²) < 4.78 is 0. The smallest absolute Gasteiger partial charge is 0.253 e. The van der Waals surface area contributed by atoms with E-state index in [0.717, 1.165) is 32.1 Å². The van der Waals surface area contributed by atoms with E-state index in [1.54, 1.807) is 29.2 Å². The third-order valence-electron chi connectivity index (χ3n) is 5.17. The van der Waals surface area contributed by atoms with Gasteiger partial charge in [0, 0.05) is 18.0 Å². The summed E-state index contributed by atoms with van der Waals surface area (Å²) in [6, 6.07) is 6.29. The normalized spacial score (nSPS) is 21.1. The molecule has 2 N–H and O–H groups in total. The molecule has 0 spiro atoms. The molecule has 1 aliphatic heterocycles. The van der Waals surface area contributed by atoms with Gasteiger partial charge >= 0.3 is 0 Å². The van der Waals surface area contributed by atoms with Crippen LogP contribution in [0.2, 0.25) is 0 Å². The lowest BCUT2D eigenvalue weighted by Gasteiger charge is -2.35. The van der Waals surface area contributed by atoms with Gasteiger partial charge in [-0.2, -0.15) is 0 Å². The van der Waals surface area contributed by atoms with Gasteiger partial charge in [-0.15, -0.1) is 0 Å². The summed E-state index contributed by atoms with van der Waals surface area (Å²) >= 11 is 0. The molecule has 1 aromatic rings. The van der Waals surface area contributed by atoms with Crippen molar-refractivity contribution in [2.45, 2.75) is 64.5 Å². The molecule has 6 heteroatoms. The molecule has 0 bridgehead atoms. The second kappa shape index (κ2) is 7.71. The first-order valence-corrected chi connectivity index (χ1v) is 9.80. The zero-order valence-corrected chi connectivity index (χ0v) is 16.4. The molecule has 2 aliphatic rings. The van der Waals surface area contributed by atoms with Gasteiger partial charge in [-0.05, 0) is 45.7 Å². The number of hydrogen-bond donors (Lipinski definition) is 2. The summed E-state index contributed by atoms with van der Waals surface area (Å²) in [7, 11) is 0. The van der Waals surface area contributed by atoms with Crippen LogP contribution in [0.25, 0.3) is 0 Å². The van der Waals surface area contributed by atoms with Crippen molar-refractivity contribution in [3.63, 3.8) is 0 Å². The van der Waals surface area contributed by atoms with Gasteiger partial charge < -0.3 is 10.6 Å². The molecular formula is C21H29N3O3. The van der Waals surface area contributed by atoms with Crippen LogP contribution in [0.1, 0.15) is 63.2 Å². The highest BCUT2D eigenvalue weighted by molar-refractivity contribution is 6.10. The Kier molecular flexibility index (Phi) is 5.53. The Labute approximate surface area is 160 Å². The number of amides is 3. The molecule has 1 heterocycles. The van der Waals surface area contributed by atoms with Gasteiger partial charge in [0.2, 0.25) is 11.8 Å². The first kappa shape index (κ1) is 19.4. The van der Waals surface area contributed by atoms with Gasteiger partial charge in [-0.25, -0.2) is 0 Å². The molecule has 27 heavy (non-hydrogen) atoms. The Bertz CT molecular complexity index is 732.